The molecule has 1 atom stereocenters. The summed E-state index contributed by atoms with van der Waals surface area (Å²) in [5, 5.41) is 7.56. The molecular formula is C12H15IN4. The Bertz CT molecular complexity index is 455. The average Bonchev–Trinajstić information content (AvgIpc) is 2.79. The number of halogens is 1. The average molecular weight is 342 g/mol. The van der Waals surface area contributed by atoms with Crippen molar-refractivity contribution in [1.29, 1.82) is 0 Å². The van der Waals surface area contributed by atoms with Crippen LogP contribution in [0.15, 0.2) is 36.9 Å². The number of aryl methyl sites for hydroxylation is 1. The van der Waals surface area contributed by atoms with Crippen LogP contribution in [0.25, 0.3) is 0 Å². The Kier molecular flexibility index (Phi) is 4.36. The van der Waals surface area contributed by atoms with E-state index in [1.54, 1.807) is 12.7 Å². The van der Waals surface area contributed by atoms with Gasteiger partial charge >= 0.3 is 0 Å². The zero-order valence-electron chi connectivity index (χ0n) is 9.68. The highest BCUT2D eigenvalue weighted by Gasteiger charge is 2.03. The summed E-state index contributed by atoms with van der Waals surface area (Å²) in [6, 6.07) is 8.80. The molecule has 2 rings (SSSR count). The first-order chi connectivity index (χ1) is 8.24. The number of nitrogens with one attached hydrogen (secondary N) is 1. The first-order valence-corrected chi connectivity index (χ1v) is 6.66. The van der Waals surface area contributed by atoms with E-state index in [1.165, 1.54) is 9.26 Å². The second-order valence-electron chi connectivity index (χ2n) is 4.00. The van der Waals surface area contributed by atoms with Crippen LogP contribution in [0.1, 0.15) is 13.3 Å². The van der Waals surface area contributed by atoms with Crippen LogP contribution in [0.5, 0.6) is 0 Å². The zero-order valence-corrected chi connectivity index (χ0v) is 11.8. The van der Waals surface area contributed by atoms with Gasteiger partial charge in [-0.2, -0.15) is 5.10 Å². The topological polar surface area (TPSA) is 42.7 Å². The standard InChI is InChI=1S/C12H15IN4/c1-10(5-6-17-9-14-8-15-17)16-12-4-2-3-11(13)7-12/h2-4,7-10,16H,5-6H2,1H3/t10-/m0/s1. The Labute approximate surface area is 115 Å². The van der Waals surface area contributed by atoms with Gasteiger partial charge in [-0.15, -0.1) is 0 Å². The monoisotopic (exact) mass is 342 g/mol. The van der Waals surface area contributed by atoms with Crippen LogP contribution >= 0.6 is 22.6 Å². The van der Waals surface area contributed by atoms with E-state index in [2.05, 4.69) is 69.2 Å². The van der Waals surface area contributed by atoms with Crippen molar-refractivity contribution >= 4 is 28.3 Å². The molecule has 4 nitrogen and oxygen atoms in total. The molecule has 0 aliphatic rings. The van der Waals surface area contributed by atoms with Crippen LogP contribution in [0.3, 0.4) is 0 Å². The lowest BCUT2D eigenvalue weighted by atomic mass is 10.2. The summed E-state index contributed by atoms with van der Waals surface area (Å²) in [5.41, 5.74) is 1.17. The fourth-order valence-corrected chi connectivity index (χ4v) is 2.15. The predicted octanol–water partition coefficient (Wildman–Crippen LogP) is 2.77. The van der Waals surface area contributed by atoms with Crippen molar-refractivity contribution in [1.82, 2.24) is 14.8 Å². The second kappa shape index (κ2) is 6.00. The van der Waals surface area contributed by atoms with Crippen LogP contribution in [0.2, 0.25) is 0 Å². The molecule has 0 saturated carbocycles. The summed E-state index contributed by atoms with van der Waals surface area (Å²) in [6.07, 6.45) is 4.34. The summed E-state index contributed by atoms with van der Waals surface area (Å²) in [4.78, 5) is 3.93. The summed E-state index contributed by atoms with van der Waals surface area (Å²) >= 11 is 2.32. The minimum Gasteiger partial charge on any atom is -0.382 e. The van der Waals surface area contributed by atoms with E-state index in [0.29, 0.717) is 6.04 Å². The van der Waals surface area contributed by atoms with Crippen molar-refractivity contribution in [2.24, 2.45) is 0 Å². The highest BCUT2D eigenvalue weighted by molar-refractivity contribution is 14.1. The highest BCUT2D eigenvalue weighted by atomic mass is 127. The van der Waals surface area contributed by atoms with Crippen molar-refractivity contribution in [3.63, 3.8) is 0 Å². The van der Waals surface area contributed by atoms with Crippen molar-refractivity contribution in [3.8, 4) is 0 Å². The van der Waals surface area contributed by atoms with Crippen LogP contribution in [0.4, 0.5) is 5.69 Å². The number of hydrogen-bond acceptors (Lipinski definition) is 3. The minimum absolute atomic E-state index is 0.414. The smallest absolute Gasteiger partial charge is 0.137 e. The third-order valence-electron chi connectivity index (χ3n) is 2.50. The quantitative estimate of drug-likeness (QED) is 0.850. The van der Waals surface area contributed by atoms with Gasteiger partial charge < -0.3 is 5.32 Å². The van der Waals surface area contributed by atoms with Gasteiger partial charge in [0.1, 0.15) is 12.7 Å². The van der Waals surface area contributed by atoms with Gasteiger partial charge in [0.05, 0.1) is 0 Å². The van der Waals surface area contributed by atoms with Crippen LogP contribution in [0, 0.1) is 3.57 Å². The third-order valence-corrected chi connectivity index (χ3v) is 3.17. The molecule has 0 saturated heterocycles. The molecule has 1 heterocycles. The fraction of sp³-hybridized carbons (Fsp3) is 0.333. The molecule has 0 bridgehead atoms. The molecule has 1 aromatic heterocycles. The SMILES string of the molecule is C[C@@H](CCn1cncn1)Nc1cccc(I)c1. The van der Waals surface area contributed by atoms with E-state index < -0.39 is 0 Å². The molecule has 0 aliphatic heterocycles. The molecule has 0 fully saturated rings. The normalized spacial score (nSPS) is 12.4. The molecule has 90 valence electrons. The van der Waals surface area contributed by atoms with E-state index >= 15 is 0 Å². The largest absolute Gasteiger partial charge is 0.382 e. The molecule has 5 heteroatoms. The Balaban J connectivity index is 1.83. The minimum atomic E-state index is 0.414. The fourth-order valence-electron chi connectivity index (χ4n) is 1.61. The zero-order chi connectivity index (χ0) is 12.1. The Morgan fingerprint density at radius 3 is 3.06 bits per heavy atom. The lowest BCUT2D eigenvalue weighted by molar-refractivity contribution is 0.544. The van der Waals surface area contributed by atoms with Crippen LogP contribution < -0.4 is 5.32 Å². The Morgan fingerprint density at radius 1 is 1.47 bits per heavy atom. The molecular weight excluding hydrogens is 327 g/mol. The maximum Gasteiger partial charge on any atom is 0.137 e. The second-order valence-corrected chi connectivity index (χ2v) is 5.25. The molecule has 1 N–H and O–H groups in total. The third kappa shape index (κ3) is 3.99. The van der Waals surface area contributed by atoms with Gasteiger partial charge in [-0.25, -0.2) is 4.98 Å². The molecule has 0 radical (unpaired) electrons. The Morgan fingerprint density at radius 2 is 2.35 bits per heavy atom. The molecule has 1 aromatic carbocycles. The molecule has 0 spiro atoms. The molecule has 0 unspecified atom stereocenters. The van der Waals surface area contributed by atoms with Gasteiger partial charge in [0.15, 0.2) is 0 Å². The van der Waals surface area contributed by atoms with E-state index in [9.17, 15) is 0 Å². The number of hydrogen-bond donors (Lipinski definition) is 1. The number of nitrogens with zero attached hydrogens (tertiary/aromatic N) is 3. The molecule has 0 aliphatic carbocycles. The summed E-state index contributed by atoms with van der Waals surface area (Å²) in [6.45, 7) is 3.06. The van der Waals surface area contributed by atoms with Gasteiger partial charge in [-0.05, 0) is 54.1 Å². The van der Waals surface area contributed by atoms with Crippen molar-refractivity contribution < 1.29 is 0 Å². The summed E-state index contributed by atoms with van der Waals surface area (Å²) in [7, 11) is 0. The van der Waals surface area contributed by atoms with E-state index in [1.807, 2.05) is 4.68 Å². The van der Waals surface area contributed by atoms with Crippen LogP contribution in [-0.4, -0.2) is 20.8 Å². The molecule has 0 amide bonds. The maximum absolute atomic E-state index is 4.09. The highest BCUT2D eigenvalue weighted by Crippen LogP contribution is 2.14. The number of rotatable bonds is 5. The molecule has 17 heavy (non-hydrogen) atoms. The predicted molar refractivity (Wildman–Crippen MR) is 76.9 cm³/mol. The number of aromatic nitrogens is 3. The van der Waals surface area contributed by atoms with E-state index in [4.69, 9.17) is 0 Å². The van der Waals surface area contributed by atoms with Gasteiger partial charge in [-0.1, -0.05) is 6.07 Å². The van der Waals surface area contributed by atoms with Gasteiger partial charge in [0.2, 0.25) is 0 Å². The van der Waals surface area contributed by atoms with Crippen molar-refractivity contribution in [3.05, 3.63) is 40.5 Å². The number of anilines is 1. The summed E-state index contributed by atoms with van der Waals surface area (Å²) < 4.78 is 3.10. The van der Waals surface area contributed by atoms with E-state index in [-0.39, 0.29) is 0 Å². The van der Waals surface area contributed by atoms with E-state index in [0.717, 1.165) is 13.0 Å². The first-order valence-electron chi connectivity index (χ1n) is 5.58. The van der Waals surface area contributed by atoms with Crippen LogP contribution in [-0.2, 0) is 6.54 Å². The lowest BCUT2D eigenvalue weighted by Gasteiger charge is -2.15. The van der Waals surface area contributed by atoms with Gasteiger partial charge in [0.25, 0.3) is 0 Å². The van der Waals surface area contributed by atoms with Crippen molar-refractivity contribution in [2.75, 3.05) is 5.32 Å². The number of benzene rings is 1. The summed E-state index contributed by atoms with van der Waals surface area (Å²) in [5.74, 6) is 0. The first kappa shape index (κ1) is 12.3. The van der Waals surface area contributed by atoms with Gasteiger partial charge in [-0.3, -0.25) is 4.68 Å². The lowest BCUT2D eigenvalue weighted by Crippen LogP contribution is -2.17. The van der Waals surface area contributed by atoms with Crippen molar-refractivity contribution in [2.45, 2.75) is 25.9 Å². The molecule has 2 aromatic rings. The maximum atomic E-state index is 4.09. The van der Waals surface area contributed by atoms with Gasteiger partial charge in [0, 0.05) is 21.8 Å². The Hall–Kier alpha value is -1.11.